The van der Waals surface area contributed by atoms with Crippen LogP contribution in [0.4, 0.5) is 0 Å². The van der Waals surface area contributed by atoms with E-state index in [1.807, 2.05) is 0 Å². The summed E-state index contributed by atoms with van der Waals surface area (Å²) in [7, 11) is 0. The zero-order valence-corrected chi connectivity index (χ0v) is 9.33. The summed E-state index contributed by atoms with van der Waals surface area (Å²) < 4.78 is 5.69. The minimum Gasteiger partial charge on any atom is -0.375 e. The van der Waals surface area contributed by atoms with Gasteiger partial charge in [-0.2, -0.15) is 0 Å². The second-order valence-corrected chi connectivity index (χ2v) is 4.07. The lowest BCUT2D eigenvalue weighted by Crippen LogP contribution is -2.39. The Labute approximate surface area is 91.6 Å². The van der Waals surface area contributed by atoms with Gasteiger partial charge in [-0.25, -0.2) is 0 Å². The van der Waals surface area contributed by atoms with Crippen LogP contribution in [-0.4, -0.2) is 25.8 Å². The summed E-state index contributed by atoms with van der Waals surface area (Å²) in [6, 6.07) is 8.81. The molecule has 1 saturated heterocycles. The van der Waals surface area contributed by atoms with Gasteiger partial charge >= 0.3 is 0 Å². The van der Waals surface area contributed by atoms with E-state index in [0.717, 1.165) is 32.5 Å². The van der Waals surface area contributed by atoms with Crippen LogP contribution in [0.3, 0.4) is 0 Å². The van der Waals surface area contributed by atoms with Crippen molar-refractivity contribution in [3.05, 3.63) is 35.4 Å². The van der Waals surface area contributed by atoms with Crippen LogP contribution in [0, 0.1) is 0 Å². The van der Waals surface area contributed by atoms with Gasteiger partial charge in [-0.15, -0.1) is 0 Å². The lowest BCUT2D eigenvalue weighted by Gasteiger charge is -2.23. The van der Waals surface area contributed by atoms with Crippen LogP contribution in [0.15, 0.2) is 24.3 Å². The number of nitrogens with one attached hydrogen (secondary N) is 1. The minimum absolute atomic E-state index is 0.353. The van der Waals surface area contributed by atoms with Crippen molar-refractivity contribution >= 4 is 0 Å². The molecule has 0 amide bonds. The molecule has 0 aromatic heterocycles. The molecule has 0 aliphatic carbocycles. The molecule has 0 bridgehead atoms. The summed E-state index contributed by atoms with van der Waals surface area (Å²) in [5, 5.41) is 3.36. The van der Waals surface area contributed by atoms with Gasteiger partial charge in [0, 0.05) is 13.1 Å². The number of ether oxygens (including phenoxy) is 1. The first-order chi connectivity index (χ1) is 7.38. The molecule has 0 saturated carbocycles. The van der Waals surface area contributed by atoms with Crippen molar-refractivity contribution in [1.82, 2.24) is 5.32 Å². The maximum absolute atomic E-state index is 5.69. The molecule has 0 unspecified atom stereocenters. The van der Waals surface area contributed by atoms with Crippen LogP contribution in [0.1, 0.15) is 18.1 Å². The van der Waals surface area contributed by atoms with E-state index < -0.39 is 0 Å². The van der Waals surface area contributed by atoms with E-state index in [2.05, 4.69) is 36.5 Å². The van der Waals surface area contributed by atoms with Crippen molar-refractivity contribution < 1.29 is 4.74 Å². The van der Waals surface area contributed by atoms with Gasteiger partial charge in [-0.1, -0.05) is 31.2 Å². The standard InChI is InChI=1S/C13H19NO/c1-2-11-4-3-5-12(8-11)9-13-10-14-6-7-15-13/h3-5,8,13-14H,2,6-7,9-10H2,1H3/t13-/m0/s1. The molecule has 1 aromatic carbocycles. The molecule has 1 N–H and O–H groups in total. The van der Waals surface area contributed by atoms with E-state index in [0.29, 0.717) is 6.10 Å². The van der Waals surface area contributed by atoms with Crippen molar-refractivity contribution in [2.75, 3.05) is 19.7 Å². The largest absolute Gasteiger partial charge is 0.375 e. The van der Waals surface area contributed by atoms with Crippen LogP contribution in [0.2, 0.25) is 0 Å². The van der Waals surface area contributed by atoms with E-state index in [1.165, 1.54) is 11.1 Å². The SMILES string of the molecule is CCc1cccc(C[C@H]2CNCCO2)c1. The van der Waals surface area contributed by atoms with Gasteiger partial charge in [-0.3, -0.25) is 0 Å². The number of benzene rings is 1. The molecule has 1 fully saturated rings. The van der Waals surface area contributed by atoms with E-state index in [4.69, 9.17) is 4.74 Å². The zero-order valence-electron chi connectivity index (χ0n) is 9.33. The first kappa shape index (κ1) is 10.7. The molecule has 15 heavy (non-hydrogen) atoms. The van der Waals surface area contributed by atoms with Gasteiger partial charge in [0.25, 0.3) is 0 Å². The third kappa shape index (κ3) is 3.05. The van der Waals surface area contributed by atoms with Crippen molar-refractivity contribution in [2.24, 2.45) is 0 Å². The average molecular weight is 205 g/mol. The second kappa shape index (κ2) is 5.29. The molecule has 2 rings (SSSR count). The summed E-state index contributed by atoms with van der Waals surface area (Å²) >= 11 is 0. The molecule has 2 nitrogen and oxygen atoms in total. The fraction of sp³-hybridized carbons (Fsp3) is 0.538. The first-order valence-corrected chi connectivity index (χ1v) is 5.78. The molecule has 1 aromatic rings. The van der Waals surface area contributed by atoms with Crippen LogP contribution in [0.25, 0.3) is 0 Å². The summed E-state index contributed by atoms with van der Waals surface area (Å²) in [4.78, 5) is 0. The van der Waals surface area contributed by atoms with Gasteiger partial charge < -0.3 is 10.1 Å². The Bertz CT molecular complexity index is 305. The quantitative estimate of drug-likeness (QED) is 0.812. The van der Waals surface area contributed by atoms with E-state index in [1.54, 1.807) is 0 Å². The minimum atomic E-state index is 0.353. The highest BCUT2D eigenvalue weighted by Gasteiger charge is 2.13. The predicted molar refractivity (Wildman–Crippen MR) is 62.1 cm³/mol. The van der Waals surface area contributed by atoms with Crippen LogP contribution >= 0.6 is 0 Å². The van der Waals surface area contributed by atoms with Gasteiger partial charge in [0.15, 0.2) is 0 Å². The molecule has 1 heterocycles. The Hall–Kier alpha value is -0.860. The van der Waals surface area contributed by atoms with E-state index in [-0.39, 0.29) is 0 Å². The Morgan fingerprint density at radius 3 is 3.00 bits per heavy atom. The topological polar surface area (TPSA) is 21.3 Å². The molecule has 0 spiro atoms. The second-order valence-electron chi connectivity index (χ2n) is 4.07. The maximum atomic E-state index is 5.69. The molecule has 82 valence electrons. The van der Waals surface area contributed by atoms with Gasteiger partial charge in [-0.05, 0) is 24.0 Å². The van der Waals surface area contributed by atoms with Gasteiger partial charge in [0.2, 0.25) is 0 Å². The molecule has 2 heteroatoms. The Kier molecular flexibility index (Phi) is 3.75. The van der Waals surface area contributed by atoms with Crippen molar-refractivity contribution in [3.8, 4) is 0 Å². The van der Waals surface area contributed by atoms with Crippen LogP contribution in [-0.2, 0) is 17.6 Å². The third-order valence-corrected chi connectivity index (χ3v) is 2.87. The maximum Gasteiger partial charge on any atom is 0.0740 e. The lowest BCUT2D eigenvalue weighted by atomic mass is 10.0. The van der Waals surface area contributed by atoms with Gasteiger partial charge in [0.1, 0.15) is 0 Å². The number of rotatable bonds is 3. The zero-order chi connectivity index (χ0) is 10.5. The molecular weight excluding hydrogens is 186 g/mol. The molecule has 1 aliphatic rings. The van der Waals surface area contributed by atoms with Crippen LogP contribution < -0.4 is 5.32 Å². The number of morpholine rings is 1. The third-order valence-electron chi connectivity index (χ3n) is 2.87. The Morgan fingerprint density at radius 2 is 2.27 bits per heavy atom. The summed E-state index contributed by atoms with van der Waals surface area (Å²) in [5.74, 6) is 0. The molecule has 1 atom stereocenters. The predicted octanol–water partition coefficient (Wildman–Crippen LogP) is 1.78. The lowest BCUT2D eigenvalue weighted by molar-refractivity contribution is 0.0292. The molecular formula is C13H19NO. The van der Waals surface area contributed by atoms with Gasteiger partial charge in [0.05, 0.1) is 12.7 Å². The monoisotopic (exact) mass is 205 g/mol. The van der Waals surface area contributed by atoms with Crippen molar-refractivity contribution in [2.45, 2.75) is 25.9 Å². The van der Waals surface area contributed by atoms with Crippen LogP contribution in [0.5, 0.6) is 0 Å². The smallest absolute Gasteiger partial charge is 0.0740 e. The fourth-order valence-electron chi connectivity index (χ4n) is 1.99. The molecule has 1 aliphatic heterocycles. The summed E-state index contributed by atoms with van der Waals surface area (Å²) in [5.41, 5.74) is 2.80. The average Bonchev–Trinajstić information content (AvgIpc) is 2.31. The molecule has 0 radical (unpaired) electrons. The van der Waals surface area contributed by atoms with Crippen molar-refractivity contribution in [3.63, 3.8) is 0 Å². The summed E-state index contributed by atoms with van der Waals surface area (Å²) in [6.45, 7) is 5.01. The Morgan fingerprint density at radius 1 is 1.40 bits per heavy atom. The highest BCUT2D eigenvalue weighted by atomic mass is 16.5. The Balaban J connectivity index is 1.96. The first-order valence-electron chi connectivity index (χ1n) is 5.78. The summed E-state index contributed by atoms with van der Waals surface area (Å²) in [6.07, 6.45) is 2.49. The highest BCUT2D eigenvalue weighted by molar-refractivity contribution is 5.24. The number of aryl methyl sites for hydroxylation is 1. The van der Waals surface area contributed by atoms with E-state index in [9.17, 15) is 0 Å². The fourth-order valence-corrected chi connectivity index (χ4v) is 1.99. The normalized spacial score (nSPS) is 21.5. The number of hydrogen-bond donors (Lipinski definition) is 1. The van der Waals surface area contributed by atoms with Crippen molar-refractivity contribution in [1.29, 1.82) is 0 Å². The van der Waals surface area contributed by atoms with E-state index >= 15 is 0 Å². The number of hydrogen-bond acceptors (Lipinski definition) is 2. The highest BCUT2D eigenvalue weighted by Crippen LogP contribution is 2.10.